The van der Waals surface area contributed by atoms with Gasteiger partial charge in [0.25, 0.3) is 0 Å². The first kappa shape index (κ1) is 7.85. The van der Waals surface area contributed by atoms with Crippen molar-refractivity contribution in [3.8, 4) is 11.6 Å². The monoisotopic (exact) mass is 188 g/mol. The van der Waals surface area contributed by atoms with E-state index in [1.807, 2.05) is 18.3 Å². The summed E-state index contributed by atoms with van der Waals surface area (Å²) in [5.74, 6) is 1.85. The maximum atomic E-state index is 5.36. The second-order valence-corrected chi connectivity index (χ2v) is 3.66. The van der Waals surface area contributed by atoms with E-state index in [-0.39, 0.29) is 0 Å². The standard InChI is InChI=1S/C11H12N2O/c1-2-6-13-9(4-1)8-12-11(13)10-5-3-7-14-10/h3,5,7-8H,1-2,4,6H2. The van der Waals surface area contributed by atoms with Gasteiger partial charge < -0.3 is 8.98 Å². The summed E-state index contributed by atoms with van der Waals surface area (Å²) in [5.41, 5.74) is 1.34. The van der Waals surface area contributed by atoms with Gasteiger partial charge in [0.15, 0.2) is 11.6 Å². The lowest BCUT2D eigenvalue weighted by atomic mass is 10.1. The molecule has 0 atom stereocenters. The molecule has 3 heterocycles. The minimum atomic E-state index is 0.873. The van der Waals surface area contributed by atoms with Crippen molar-refractivity contribution in [2.24, 2.45) is 0 Å². The number of fused-ring (bicyclic) bond motifs is 1. The summed E-state index contributed by atoms with van der Waals surface area (Å²) < 4.78 is 7.63. The molecule has 0 spiro atoms. The molecule has 0 saturated heterocycles. The summed E-state index contributed by atoms with van der Waals surface area (Å²) in [4.78, 5) is 4.41. The molecule has 0 unspecified atom stereocenters. The van der Waals surface area contributed by atoms with E-state index in [2.05, 4.69) is 9.55 Å². The Hall–Kier alpha value is -1.51. The molecule has 0 bridgehead atoms. The smallest absolute Gasteiger partial charge is 0.176 e. The van der Waals surface area contributed by atoms with Crippen molar-refractivity contribution in [2.75, 3.05) is 0 Å². The molecule has 3 rings (SSSR count). The fourth-order valence-corrected chi connectivity index (χ4v) is 2.04. The van der Waals surface area contributed by atoms with Gasteiger partial charge >= 0.3 is 0 Å². The van der Waals surface area contributed by atoms with Crippen LogP contribution in [-0.2, 0) is 13.0 Å². The molecule has 72 valence electrons. The van der Waals surface area contributed by atoms with Crippen molar-refractivity contribution >= 4 is 0 Å². The van der Waals surface area contributed by atoms with Gasteiger partial charge in [-0.1, -0.05) is 0 Å². The van der Waals surface area contributed by atoms with Gasteiger partial charge in [-0.05, 0) is 31.4 Å². The van der Waals surface area contributed by atoms with Crippen LogP contribution in [0.4, 0.5) is 0 Å². The SMILES string of the molecule is c1coc(-c2ncc3n2CCCC3)c1. The Morgan fingerprint density at radius 3 is 3.21 bits per heavy atom. The number of hydrogen-bond donors (Lipinski definition) is 0. The molecule has 14 heavy (non-hydrogen) atoms. The van der Waals surface area contributed by atoms with Crippen LogP contribution in [0.5, 0.6) is 0 Å². The van der Waals surface area contributed by atoms with Crippen LogP contribution in [-0.4, -0.2) is 9.55 Å². The predicted octanol–water partition coefficient (Wildman–Crippen LogP) is 2.48. The lowest BCUT2D eigenvalue weighted by Gasteiger charge is -2.15. The molecule has 1 aliphatic heterocycles. The maximum absolute atomic E-state index is 5.36. The normalized spacial score (nSPS) is 15.4. The van der Waals surface area contributed by atoms with E-state index >= 15 is 0 Å². The summed E-state index contributed by atoms with van der Waals surface area (Å²) in [7, 11) is 0. The van der Waals surface area contributed by atoms with Crippen molar-refractivity contribution in [1.82, 2.24) is 9.55 Å². The summed E-state index contributed by atoms with van der Waals surface area (Å²) in [6, 6.07) is 3.87. The summed E-state index contributed by atoms with van der Waals surface area (Å²) in [5, 5.41) is 0. The largest absolute Gasteiger partial charge is 0.461 e. The molecule has 0 aliphatic carbocycles. The number of aromatic nitrogens is 2. The molecule has 0 radical (unpaired) electrons. The van der Waals surface area contributed by atoms with E-state index in [1.54, 1.807) is 6.26 Å². The van der Waals surface area contributed by atoms with Gasteiger partial charge in [0, 0.05) is 18.4 Å². The highest BCUT2D eigenvalue weighted by atomic mass is 16.3. The van der Waals surface area contributed by atoms with Crippen LogP contribution in [0.1, 0.15) is 18.5 Å². The maximum Gasteiger partial charge on any atom is 0.176 e. The van der Waals surface area contributed by atoms with Crippen LogP contribution in [0, 0.1) is 0 Å². The van der Waals surface area contributed by atoms with Crippen molar-refractivity contribution in [2.45, 2.75) is 25.8 Å². The van der Waals surface area contributed by atoms with E-state index in [4.69, 9.17) is 4.42 Å². The minimum Gasteiger partial charge on any atom is -0.461 e. The van der Waals surface area contributed by atoms with E-state index in [9.17, 15) is 0 Å². The molecule has 0 amide bonds. The first-order valence-corrected chi connectivity index (χ1v) is 5.03. The highest BCUT2D eigenvalue weighted by Crippen LogP contribution is 2.24. The van der Waals surface area contributed by atoms with Gasteiger partial charge in [0.05, 0.1) is 6.26 Å². The van der Waals surface area contributed by atoms with E-state index < -0.39 is 0 Å². The van der Waals surface area contributed by atoms with Crippen LogP contribution in [0.2, 0.25) is 0 Å². The molecular weight excluding hydrogens is 176 g/mol. The molecule has 0 aromatic carbocycles. The van der Waals surface area contributed by atoms with E-state index in [0.29, 0.717) is 0 Å². The van der Waals surface area contributed by atoms with Crippen molar-refractivity contribution < 1.29 is 4.42 Å². The zero-order valence-electron chi connectivity index (χ0n) is 7.94. The number of aryl methyl sites for hydroxylation is 1. The van der Waals surface area contributed by atoms with Crippen molar-refractivity contribution in [3.05, 3.63) is 30.3 Å². The predicted molar refractivity (Wildman–Crippen MR) is 52.9 cm³/mol. The fraction of sp³-hybridized carbons (Fsp3) is 0.364. The van der Waals surface area contributed by atoms with Crippen LogP contribution < -0.4 is 0 Å². The number of rotatable bonds is 1. The Morgan fingerprint density at radius 1 is 1.36 bits per heavy atom. The number of nitrogens with zero attached hydrogens (tertiary/aromatic N) is 2. The lowest BCUT2D eigenvalue weighted by Crippen LogP contribution is -2.10. The quantitative estimate of drug-likeness (QED) is 0.688. The van der Waals surface area contributed by atoms with Crippen LogP contribution >= 0.6 is 0 Å². The van der Waals surface area contributed by atoms with Crippen LogP contribution in [0.25, 0.3) is 11.6 Å². The number of hydrogen-bond acceptors (Lipinski definition) is 2. The molecule has 3 nitrogen and oxygen atoms in total. The average Bonchev–Trinajstić information content (AvgIpc) is 2.85. The van der Waals surface area contributed by atoms with E-state index in [1.165, 1.54) is 18.5 Å². The molecular formula is C11H12N2O. The minimum absolute atomic E-state index is 0.873. The van der Waals surface area contributed by atoms with Crippen molar-refractivity contribution in [3.63, 3.8) is 0 Å². The van der Waals surface area contributed by atoms with Crippen LogP contribution in [0.3, 0.4) is 0 Å². The van der Waals surface area contributed by atoms with Gasteiger partial charge in [0.2, 0.25) is 0 Å². The second kappa shape index (κ2) is 3.01. The van der Waals surface area contributed by atoms with Gasteiger partial charge in [0.1, 0.15) is 0 Å². The first-order valence-electron chi connectivity index (χ1n) is 5.03. The summed E-state index contributed by atoms with van der Waals surface area (Å²) >= 11 is 0. The van der Waals surface area contributed by atoms with Crippen LogP contribution in [0.15, 0.2) is 29.0 Å². The van der Waals surface area contributed by atoms with Gasteiger partial charge in [-0.25, -0.2) is 4.98 Å². The molecule has 1 aliphatic rings. The molecule has 0 fully saturated rings. The highest BCUT2D eigenvalue weighted by Gasteiger charge is 2.16. The van der Waals surface area contributed by atoms with Crippen molar-refractivity contribution in [1.29, 1.82) is 0 Å². The van der Waals surface area contributed by atoms with E-state index in [0.717, 1.165) is 24.6 Å². The fourth-order valence-electron chi connectivity index (χ4n) is 2.04. The molecule has 0 saturated carbocycles. The molecule has 3 heteroatoms. The Labute approximate surface area is 82.4 Å². The third kappa shape index (κ3) is 1.09. The average molecular weight is 188 g/mol. The lowest BCUT2D eigenvalue weighted by molar-refractivity contribution is 0.520. The Bertz CT molecular complexity index is 428. The number of imidazole rings is 1. The van der Waals surface area contributed by atoms with Gasteiger partial charge in [-0.2, -0.15) is 0 Å². The zero-order valence-corrected chi connectivity index (χ0v) is 7.94. The Morgan fingerprint density at radius 2 is 2.36 bits per heavy atom. The molecule has 2 aromatic rings. The summed E-state index contributed by atoms with van der Waals surface area (Å²) in [6.07, 6.45) is 7.34. The second-order valence-electron chi connectivity index (χ2n) is 3.66. The van der Waals surface area contributed by atoms with Gasteiger partial charge in [-0.3, -0.25) is 0 Å². The Balaban J connectivity index is 2.11. The molecule has 0 N–H and O–H groups in total. The van der Waals surface area contributed by atoms with Gasteiger partial charge in [-0.15, -0.1) is 0 Å². The summed E-state index contributed by atoms with van der Waals surface area (Å²) in [6.45, 7) is 1.07. The third-order valence-corrected chi connectivity index (χ3v) is 2.74. The molecule has 2 aromatic heterocycles. The topological polar surface area (TPSA) is 31.0 Å². The highest BCUT2D eigenvalue weighted by molar-refractivity contribution is 5.48. The first-order chi connectivity index (χ1) is 6.95. The number of furan rings is 1. The Kier molecular flexibility index (Phi) is 1.69. The zero-order chi connectivity index (χ0) is 9.38. The third-order valence-electron chi connectivity index (χ3n) is 2.74.